The zero-order valence-corrected chi connectivity index (χ0v) is 6.31. The molecule has 2 unspecified atom stereocenters. The average Bonchev–Trinajstić information content (AvgIpc) is 1.89. The highest BCUT2D eigenvalue weighted by atomic mass is 35.5. The summed E-state index contributed by atoms with van der Waals surface area (Å²) >= 11 is 5.69. The molecule has 0 fully saturated rings. The zero-order chi connectivity index (χ0) is 6.69. The van der Waals surface area contributed by atoms with Gasteiger partial charge < -0.3 is 0 Å². The molecule has 0 bridgehead atoms. The standard InChI is InChI=1S/C8H11Cl/c1-7-4-2-3-5-8(7)6-9/h2-5,7-8H,6H2,1H3. The molecule has 2 atom stereocenters. The quantitative estimate of drug-likeness (QED) is 0.494. The lowest BCUT2D eigenvalue weighted by Crippen LogP contribution is -2.09. The Bertz CT molecular complexity index is 136. The summed E-state index contributed by atoms with van der Waals surface area (Å²) in [6.07, 6.45) is 8.49. The summed E-state index contributed by atoms with van der Waals surface area (Å²) in [7, 11) is 0. The van der Waals surface area contributed by atoms with E-state index in [1.807, 2.05) is 0 Å². The lowest BCUT2D eigenvalue weighted by atomic mass is 9.92. The zero-order valence-electron chi connectivity index (χ0n) is 5.55. The first-order chi connectivity index (χ1) is 4.34. The van der Waals surface area contributed by atoms with Crippen molar-refractivity contribution in [1.82, 2.24) is 0 Å². The minimum Gasteiger partial charge on any atom is -0.126 e. The Balaban J connectivity index is 2.55. The van der Waals surface area contributed by atoms with Crippen LogP contribution >= 0.6 is 11.6 Å². The minimum absolute atomic E-state index is 0.552. The monoisotopic (exact) mass is 142 g/mol. The number of allylic oxidation sites excluding steroid dienone is 4. The molecule has 0 aromatic heterocycles. The molecule has 0 radical (unpaired) electrons. The third-order valence-electron chi connectivity index (χ3n) is 1.74. The molecule has 0 heterocycles. The molecule has 0 aromatic carbocycles. The average molecular weight is 143 g/mol. The molecule has 0 nitrogen and oxygen atoms in total. The fourth-order valence-electron chi connectivity index (χ4n) is 0.956. The summed E-state index contributed by atoms with van der Waals surface area (Å²) in [4.78, 5) is 0. The highest BCUT2D eigenvalue weighted by molar-refractivity contribution is 6.18. The summed E-state index contributed by atoms with van der Waals surface area (Å²) in [5, 5.41) is 0. The Kier molecular flexibility index (Phi) is 2.35. The molecule has 1 rings (SSSR count). The normalized spacial score (nSPS) is 33.1. The van der Waals surface area contributed by atoms with Crippen LogP contribution in [0.4, 0.5) is 0 Å². The van der Waals surface area contributed by atoms with E-state index in [-0.39, 0.29) is 0 Å². The van der Waals surface area contributed by atoms with Crippen molar-refractivity contribution >= 4 is 11.6 Å². The van der Waals surface area contributed by atoms with Crippen molar-refractivity contribution in [2.75, 3.05) is 5.88 Å². The molecule has 0 aliphatic heterocycles. The Labute approximate surface area is 61.2 Å². The number of hydrogen-bond donors (Lipinski definition) is 0. The summed E-state index contributed by atoms with van der Waals surface area (Å²) in [5.41, 5.74) is 0. The number of rotatable bonds is 1. The van der Waals surface area contributed by atoms with E-state index in [4.69, 9.17) is 11.6 Å². The molecule has 0 saturated carbocycles. The van der Waals surface area contributed by atoms with E-state index in [1.54, 1.807) is 0 Å². The predicted molar refractivity (Wildman–Crippen MR) is 41.7 cm³/mol. The number of hydrogen-bond acceptors (Lipinski definition) is 0. The second-order valence-electron chi connectivity index (χ2n) is 2.45. The lowest BCUT2D eigenvalue weighted by Gasteiger charge is -2.16. The van der Waals surface area contributed by atoms with Crippen LogP contribution in [0.5, 0.6) is 0 Å². The van der Waals surface area contributed by atoms with Crippen molar-refractivity contribution in [3.63, 3.8) is 0 Å². The summed E-state index contributed by atoms with van der Waals surface area (Å²) in [5.74, 6) is 1.91. The van der Waals surface area contributed by atoms with Crippen molar-refractivity contribution < 1.29 is 0 Å². The van der Waals surface area contributed by atoms with E-state index < -0.39 is 0 Å². The van der Waals surface area contributed by atoms with Crippen LogP contribution in [-0.4, -0.2) is 5.88 Å². The van der Waals surface area contributed by atoms with Crippen LogP contribution in [0, 0.1) is 11.8 Å². The smallest absolute Gasteiger partial charge is 0.0292 e. The van der Waals surface area contributed by atoms with E-state index in [2.05, 4.69) is 31.2 Å². The summed E-state index contributed by atoms with van der Waals surface area (Å²) in [6.45, 7) is 2.19. The second kappa shape index (κ2) is 3.07. The highest BCUT2D eigenvalue weighted by Gasteiger charge is 2.11. The molecule has 0 saturated heterocycles. The fraction of sp³-hybridized carbons (Fsp3) is 0.500. The molecule has 1 aliphatic carbocycles. The SMILES string of the molecule is CC1C=CC=CC1CCl. The maximum absolute atomic E-state index is 5.69. The van der Waals surface area contributed by atoms with Gasteiger partial charge in [0.15, 0.2) is 0 Å². The van der Waals surface area contributed by atoms with Gasteiger partial charge in [-0.25, -0.2) is 0 Å². The van der Waals surface area contributed by atoms with Gasteiger partial charge in [-0.15, -0.1) is 11.6 Å². The van der Waals surface area contributed by atoms with E-state index in [1.165, 1.54) is 0 Å². The maximum Gasteiger partial charge on any atom is 0.0292 e. The topological polar surface area (TPSA) is 0 Å². The number of halogens is 1. The summed E-state index contributed by atoms with van der Waals surface area (Å²) < 4.78 is 0. The molecule has 1 heteroatoms. The van der Waals surface area contributed by atoms with Gasteiger partial charge in [-0.2, -0.15) is 0 Å². The van der Waals surface area contributed by atoms with E-state index >= 15 is 0 Å². The van der Waals surface area contributed by atoms with Crippen LogP contribution in [0.2, 0.25) is 0 Å². The second-order valence-corrected chi connectivity index (χ2v) is 2.76. The minimum atomic E-state index is 0.552. The van der Waals surface area contributed by atoms with Crippen LogP contribution in [-0.2, 0) is 0 Å². The first-order valence-corrected chi connectivity index (χ1v) is 3.79. The molecule has 9 heavy (non-hydrogen) atoms. The van der Waals surface area contributed by atoms with Crippen LogP contribution in [0.3, 0.4) is 0 Å². The fourth-order valence-corrected chi connectivity index (χ4v) is 1.34. The number of alkyl halides is 1. The Morgan fingerprint density at radius 3 is 2.44 bits per heavy atom. The third-order valence-corrected chi connectivity index (χ3v) is 2.09. The van der Waals surface area contributed by atoms with Gasteiger partial charge in [0.1, 0.15) is 0 Å². The first kappa shape index (κ1) is 6.88. The van der Waals surface area contributed by atoms with Gasteiger partial charge in [0.05, 0.1) is 0 Å². The maximum atomic E-state index is 5.69. The van der Waals surface area contributed by atoms with Crippen LogP contribution in [0.25, 0.3) is 0 Å². The summed E-state index contributed by atoms with van der Waals surface area (Å²) in [6, 6.07) is 0. The molecule has 0 amide bonds. The molecule has 0 N–H and O–H groups in total. The van der Waals surface area contributed by atoms with Crippen molar-refractivity contribution in [3.05, 3.63) is 24.3 Å². The highest BCUT2D eigenvalue weighted by Crippen LogP contribution is 2.19. The molecule has 0 aromatic rings. The third kappa shape index (κ3) is 1.59. The van der Waals surface area contributed by atoms with Crippen LogP contribution < -0.4 is 0 Å². The van der Waals surface area contributed by atoms with E-state index in [0.717, 1.165) is 5.88 Å². The van der Waals surface area contributed by atoms with Crippen molar-refractivity contribution in [2.45, 2.75) is 6.92 Å². The van der Waals surface area contributed by atoms with E-state index in [0.29, 0.717) is 11.8 Å². The Hall–Kier alpha value is -0.230. The van der Waals surface area contributed by atoms with Gasteiger partial charge in [-0.3, -0.25) is 0 Å². The predicted octanol–water partition coefficient (Wildman–Crippen LogP) is 2.60. The van der Waals surface area contributed by atoms with Crippen molar-refractivity contribution in [3.8, 4) is 0 Å². The largest absolute Gasteiger partial charge is 0.126 e. The molecular formula is C8H11Cl. The Morgan fingerprint density at radius 2 is 2.00 bits per heavy atom. The first-order valence-electron chi connectivity index (χ1n) is 3.25. The van der Waals surface area contributed by atoms with Gasteiger partial charge in [-0.1, -0.05) is 31.2 Å². The van der Waals surface area contributed by atoms with Crippen LogP contribution in [0.15, 0.2) is 24.3 Å². The van der Waals surface area contributed by atoms with Crippen LogP contribution in [0.1, 0.15) is 6.92 Å². The lowest BCUT2D eigenvalue weighted by molar-refractivity contribution is 0.558. The van der Waals surface area contributed by atoms with Gasteiger partial charge in [0, 0.05) is 5.88 Å². The van der Waals surface area contributed by atoms with Crippen molar-refractivity contribution in [2.24, 2.45) is 11.8 Å². The molecule has 1 aliphatic rings. The van der Waals surface area contributed by atoms with Gasteiger partial charge in [0.25, 0.3) is 0 Å². The van der Waals surface area contributed by atoms with Gasteiger partial charge in [-0.05, 0) is 11.8 Å². The van der Waals surface area contributed by atoms with Gasteiger partial charge in [0.2, 0.25) is 0 Å². The molecule has 50 valence electrons. The molecule has 0 spiro atoms. The molecular weight excluding hydrogens is 132 g/mol. The van der Waals surface area contributed by atoms with E-state index in [9.17, 15) is 0 Å². The van der Waals surface area contributed by atoms with Gasteiger partial charge >= 0.3 is 0 Å². The Morgan fingerprint density at radius 1 is 1.33 bits per heavy atom. The van der Waals surface area contributed by atoms with Crippen molar-refractivity contribution in [1.29, 1.82) is 0 Å².